The van der Waals surface area contributed by atoms with Crippen LogP contribution in [-0.2, 0) is 14.8 Å². The molecule has 0 aliphatic carbocycles. The van der Waals surface area contributed by atoms with Crippen molar-refractivity contribution in [2.24, 2.45) is 5.10 Å². The number of hydrazone groups is 1. The maximum atomic E-state index is 13.6. The van der Waals surface area contributed by atoms with Crippen LogP contribution in [0.4, 0.5) is 11.4 Å². The summed E-state index contributed by atoms with van der Waals surface area (Å²) in [7, 11) is 0.0235. The first-order chi connectivity index (χ1) is 18.5. The van der Waals surface area contributed by atoms with Crippen LogP contribution in [0.5, 0.6) is 17.2 Å². The van der Waals surface area contributed by atoms with Crippen LogP contribution < -0.4 is 23.9 Å². The number of nitro benzene ring substituents is 1. The van der Waals surface area contributed by atoms with Crippen molar-refractivity contribution < 1.29 is 32.3 Å². The number of nitro groups is 1. The molecule has 0 radical (unpaired) electrons. The van der Waals surface area contributed by atoms with Gasteiger partial charge in [0.25, 0.3) is 21.6 Å². The van der Waals surface area contributed by atoms with Crippen LogP contribution in [0, 0.1) is 17.0 Å². The molecule has 0 unspecified atom stereocenters. The number of carbonyl (C=O) groups excluding carboxylic acids is 1. The highest BCUT2D eigenvalue weighted by Crippen LogP contribution is 2.36. The summed E-state index contributed by atoms with van der Waals surface area (Å²) >= 11 is 3.37. The van der Waals surface area contributed by atoms with Gasteiger partial charge in [-0.05, 0) is 70.9 Å². The fraction of sp³-hybridized carbons (Fsp3) is 0.200. The van der Waals surface area contributed by atoms with Crippen LogP contribution in [0.3, 0.4) is 0 Å². The van der Waals surface area contributed by atoms with Gasteiger partial charge in [-0.3, -0.25) is 19.2 Å². The van der Waals surface area contributed by atoms with Crippen LogP contribution in [0.15, 0.2) is 69.1 Å². The quantitative estimate of drug-likeness (QED) is 0.192. The number of carbonyl (C=O) groups is 1. The Kier molecular flexibility index (Phi) is 9.48. The molecule has 3 aromatic carbocycles. The number of sulfonamides is 1. The fourth-order valence-electron chi connectivity index (χ4n) is 3.49. The Labute approximate surface area is 233 Å². The van der Waals surface area contributed by atoms with Gasteiger partial charge in [-0.15, -0.1) is 0 Å². The minimum atomic E-state index is -4.40. The summed E-state index contributed by atoms with van der Waals surface area (Å²) in [4.78, 5) is 23.2. The average molecular weight is 621 g/mol. The van der Waals surface area contributed by atoms with Crippen LogP contribution >= 0.6 is 15.9 Å². The van der Waals surface area contributed by atoms with E-state index in [-0.39, 0.29) is 16.3 Å². The van der Waals surface area contributed by atoms with Gasteiger partial charge >= 0.3 is 0 Å². The van der Waals surface area contributed by atoms with E-state index in [4.69, 9.17) is 14.2 Å². The van der Waals surface area contributed by atoms with Crippen molar-refractivity contribution in [1.29, 1.82) is 0 Å². The fourth-order valence-corrected chi connectivity index (χ4v) is 5.56. The summed E-state index contributed by atoms with van der Waals surface area (Å²) in [6.07, 6.45) is 1.35. The lowest BCUT2D eigenvalue weighted by molar-refractivity contribution is -0.385. The molecule has 39 heavy (non-hydrogen) atoms. The molecule has 0 bridgehead atoms. The summed E-state index contributed by atoms with van der Waals surface area (Å²) in [6, 6.07) is 12.8. The Bertz CT molecular complexity index is 1510. The van der Waals surface area contributed by atoms with E-state index in [0.717, 1.165) is 10.4 Å². The van der Waals surface area contributed by atoms with E-state index in [1.807, 2.05) is 0 Å². The summed E-state index contributed by atoms with van der Waals surface area (Å²) in [6.45, 7) is 0.835. The first-order valence-corrected chi connectivity index (χ1v) is 13.4. The summed E-state index contributed by atoms with van der Waals surface area (Å²) in [5.41, 5.74) is 2.94. The number of nitrogens with one attached hydrogen (secondary N) is 1. The van der Waals surface area contributed by atoms with Gasteiger partial charge in [0.05, 0.1) is 47.5 Å². The van der Waals surface area contributed by atoms with Gasteiger partial charge in [-0.2, -0.15) is 5.10 Å². The molecule has 0 fully saturated rings. The Morgan fingerprint density at radius 3 is 2.36 bits per heavy atom. The van der Waals surface area contributed by atoms with Crippen LogP contribution in [0.25, 0.3) is 0 Å². The second kappa shape index (κ2) is 12.6. The van der Waals surface area contributed by atoms with Crippen LogP contribution in [0.2, 0.25) is 0 Å². The molecular weight excluding hydrogens is 596 g/mol. The third-order valence-electron chi connectivity index (χ3n) is 5.47. The zero-order chi connectivity index (χ0) is 28.7. The second-order valence-electron chi connectivity index (χ2n) is 7.95. The van der Waals surface area contributed by atoms with Gasteiger partial charge in [0, 0.05) is 11.6 Å². The zero-order valence-corrected chi connectivity index (χ0v) is 23.8. The summed E-state index contributed by atoms with van der Waals surface area (Å²) in [5.74, 6) is 0.628. The van der Waals surface area contributed by atoms with E-state index in [1.165, 1.54) is 70.9 Å². The van der Waals surface area contributed by atoms with E-state index >= 15 is 0 Å². The van der Waals surface area contributed by atoms with E-state index < -0.39 is 27.4 Å². The van der Waals surface area contributed by atoms with Crippen molar-refractivity contribution in [3.8, 4) is 17.2 Å². The molecule has 0 atom stereocenters. The van der Waals surface area contributed by atoms with Crippen LogP contribution in [0.1, 0.15) is 11.1 Å². The van der Waals surface area contributed by atoms with E-state index in [0.29, 0.717) is 32.8 Å². The highest BCUT2D eigenvalue weighted by atomic mass is 79.9. The number of amides is 1. The lowest BCUT2D eigenvalue weighted by Crippen LogP contribution is -2.39. The maximum Gasteiger partial charge on any atom is 0.273 e. The number of ether oxygens (including phenoxy) is 3. The lowest BCUT2D eigenvalue weighted by atomic mass is 10.2. The molecule has 3 aromatic rings. The van der Waals surface area contributed by atoms with Crippen molar-refractivity contribution >= 4 is 49.4 Å². The molecule has 1 N–H and O–H groups in total. The number of rotatable bonds is 11. The summed E-state index contributed by atoms with van der Waals surface area (Å²) < 4.78 is 44.3. The highest BCUT2D eigenvalue weighted by Gasteiger charge is 2.29. The number of benzene rings is 3. The smallest absolute Gasteiger partial charge is 0.273 e. The van der Waals surface area contributed by atoms with Gasteiger partial charge in [0.15, 0.2) is 11.5 Å². The Morgan fingerprint density at radius 2 is 1.77 bits per heavy atom. The molecule has 0 aliphatic heterocycles. The Morgan fingerprint density at radius 1 is 1.08 bits per heavy atom. The van der Waals surface area contributed by atoms with E-state index in [9.17, 15) is 23.3 Å². The van der Waals surface area contributed by atoms with Crippen molar-refractivity contribution in [3.63, 3.8) is 0 Å². The van der Waals surface area contributed by atoms with Crippen molar-refractivity contribution in [1.82, 2.24) is 5.43 Å². The number of halogens is 1. The van der Waals surface area contributed by atoms with Gasteiger partial charge in [0.1, 0.15) is 12.3 Å². The number of anilines is 1. The largest absolute Gasteiger partial charge is 0.497 e. The number of nitrogens with zero attached hydrogens (tertiary/aromatic N) is 3. The van der Waals surface area contributed by atoms with Crippen molar-refractivity contribution in [3.05, 3.63) is 80.3 Å². The third-order valence-corrected chi connectivity index (χ3v) is 7.83. The van der Waals surface area contributed by atoms with E-state index in [2.05, 4.69) is 26.5 Å². The van der Waals surface area contributed by atoms with Crippen molar-refractivity contribution in [2.45, 2.75) is 11.8 Å². The normalized spacial score (nSPS) is 11.2. The lowest BCUT2D eigenvalue weighted by Gasteiger charge is -2.24. The Balaban J connectivity index is 1.91. The molecule has 0 saturated heterocycles. The molecule has 1 amide bonds. The maximum absolute atomic E-state index is 13.6. The predicted octanol–water partition coefficient (Wildman–Crippen LogP) is 4.04. The van der Waals surface area contributed by atoms with Gasteiger partial charge in [0.2, 0.25) is 0 Å². The molecule has 0 saturated carbocycles. The molecular formula is C25H25BrN4O8S. The third kappa shape index (κ3) is 6.83. The van der Waals surface area contributed by atoms with Gasteiger partial charge in [-0.1, -0.05) is 6.07 Å². The molecule has 206 valence electrons. The number of methoxy groups -OCH3 is 3. The first-order valence-electron chi connectivity index (χ1n) is 11.2. The molecule has 0 spiro atoms. The molecule has 0 heterocycles. The first kappa shape index (κ1) is 29.4. The Hall–Kier alpha value is -4.17. The number of hydrogen-bond donors (Lipinski definition) is 1. The van der Waals surface area contributed by atoms with Gasteiger partial charge < -0.3 is 14.2 Å². The topological polar surface area (TPSA) is 150 Å². The second-order valence-corrected chi connectivity index (χ2v) is 10.7. The number of hydrogen-bond acceptors (Lipinski definition) is 9. The minimum Gasteiger partial charge on any atom is -0.497 e. The predicted molar refractivity (Wildman–Crippen MR) is 148 cm³/mol. The van der Waals surface area contributed by atoms with E-state index in [1.54, 1.807) is 12.1 Å². The molecule has 12 nitrogen and oxygen atoms in total. The summed E-state index contributed by atoms with van der Waals surface area (Å²) in [5, 5.41) is 15.3. The SMILES string of the molecule is COc1ccc(N(CC(=O)N/N=C\c2cc(Br)c(OC)c(OC)c2)S(=O)(=O)c2ccc(C)c([N+](=O)[O-])c2)cc1. The van der Waals surface area contributed by atoms with Crippen molar-refractivity contribution in [2.75, 3.05) is 32.2 Å². The molecule has 0 aromatic heterocycles. The molecule has 3 rings (SSSR count). The molecule has 14 heteroatoms. The minimum absolute atomic E-state index is 0.141. The highest BCUT2D eigenvalue weighted by molar-refractivity contribution is 9.10. The number of aryl methyl sites for hydroxylation is 1. The monoisotopic (exact) mass is 620 g/mol. The zero-order valence-electron chi connectivity index (χ0n) is 21.4. The van der Waals surface area contributed by atoms with Gasteiger partial charge in [-0.25, -0.2) is 13.8 Å². The standard InChI is InChI=1S/C25H25BrN4O8S/c1-16-5-10-20(13-22(16)30(32)33)39(34,35)29(18-6-8-19(36-2)9-7-18)15-24(31)28-27-14-17-11-21(26)25(38-4)23(12-17)37-3/h5-14H,15H2,1-4H3,(H,28,31)/b27-14-. The molecule has 0 aliphatic rings. The average Bonchev–Trinajstić information content (AvgIpc) is 2.91. The van der Waals surface area contributed by atoms with Crippen LogP contribution in [-0.4, -0.2) is 53.3 Å².